The van der Waals surface area contributed by atoms with Crippen molar-refractivity contribution in [2.75, 3.05) is 0 Å². The largest absolute Gasteiger partial charge is 0.478 e. The van der Waals surface area contributed by atoms with Gasteiger partial charge in [-0.25, -0.2) is 4.79 Å². The molecule has 0 fully saturated rings. The molecule has 3 rings (SSSR count). The first-order valence-corrected chi connectivity index (χ1v) is 7.10. The number of carboxylic acid groups (broad SMARTS) is 1. The third kappa shape index (κ3) is 2.24. The number of halogens is 1. The van der Waals surface area contributed by atoms with Gasteiger partial charge >= 0.3 is 5.97 Å². The zero-order chi connectivity index (χ0) is 14.3. The second-order valence-corrected chi connectivity index (χ2v) is 6.15. The van der Waals surface area contributed by atoms with Crippen LogP contribution in [0.25, 0.3) is 10.9 Å². The number of aromatic nitrogens is 1. The first-order chi connectivity index (χ1) is 9.48. The molecule has 0 saturated carbocycles. The van der Waals surface area contributed by atoms with Crippen LogP contribution in [0, 0.1) is 3.57 Å². The number of hydrogen-bond donors (Lipinski definition) is 1. The van der Waals surface area contributed by atoms with Crippen molar-refractivity contribution in [1.82, 2.24) is 4.98 Å². The summed E-state index contributed by atoms with van der Waals surface area (Å²) in [7, 11) is 0. The summed E-state index contributed by atoms with van der Waals surface area (Å²) in [5, 5.41) is 14.1. The van der Waals surface area contributed by atoms with Crippen molar-refractivity contribution < 1.29 is 14.7 Å². The van der Waals surface area contributed by atoms with Gasteiger partial charge in [0, 0.05) is 27.1 Å². The monoisotopic (exact) mass is 382 g/mol. The highest BCUT2D eigenvalue weighted by atomic mass is 127. The SMILES string of the molecule is CC1(C(=O)O)CC(c2ccc3ncc(I)cc3c2)=NO1. The van der Waals surface area contributed by atoms with E-state index in [2.05, 4.69) is 32.7 Å². The lowest BCUT2D eigenvalue weighted by Gasteiger charge is -2.14. The minimum absolute atomic E-state index is 0.255. The zero-order valence-electron chi connectivity index (χ0n) is 10.6. The number of hydrogen-bond acceptors (Lipinski definition) is 4. The van der Waals surface area contributed by atoms with E-state index in [0.29, 0.717) is 5.71 Å². The summed E-state index contributed by atoms with van der Waals surface area (Å²) < 4.78 is 1.05. The van der Waals surface area contributed by atoms with Crippen LogP contribution < -0.4 is 0 Å². The summed E-state index contributed by atoms with van der Waals surface area (Å²) in [6.07, 6.45) is 2.06. The number of fused-ring (bicyclic) bond motifs is 1. The Balaban J connectivity index is 1.98. The van der Waals surface area contributed by atoms with Crippen LogP contribution >= 0.6 is 22.6 Å². The number of benzene rings is 1. The van der Waals surface area contributed by atoms with Crippen LogP contribution in [0.15, 0.2) is 35.6 Å². The van der Waals surface area contributed by atoms with Crippen LogP contribution in [0.5, 0.6) is 0 Å². The number of pyridine rings is 1. The highest BCUT2D eigenvalue weighted by molar-refractivity contribution is 14.1. The highest BCUT2D eigenvalue weighted by Crippen LogP contribution is 2.28. The van der Waals surface area contributed by atoms with Gasteiger partial charge in [0.2, 0.25) is 5.60 Å². The number of carbonyl (C=O) groups is 1. The van der Waals surface area contributed by atoms with E-state index in [0.717, 1.165) is 20.0 Å². The molecule has 1 aromatic heterocycles. The molecule has 1 aliphatic heterocycles. The smallest absolute Gasteiger partial charge is 0.351 e. The standard InChI is InChI=1S/C14H11IN2O3/c1-14(13(18)19)6-12(17-20-14)8-2-3-11-9(4-8)5-10(15)7-16-11/h2-5,7H,6H2,1H3,(H,18,19). The van der Waals surface area contributed by atoms with Crippen LogP contribution in [0.3, 0.4) is 0 Å². The fourth-order valence-corrected chi connectivity index (χ4v) is 2.57. The second-order valence-electron chi connectivity index (χ2n) is 4.90. The third-order valence-corrected chi connectivity index (χ3v) is 3.89. The number of oxime groups is 1. The van der Waals surface area contributed by atoms with Crippen molar-refractivity contribution in [1.29, 1.82) is 0 Å². The molecule has 1 atom stereocenters. The number of rotatable bonds is 2. The fraction of sp³-hybridized carbons (Fsp3) is 0.214. The topological polar surface area (TPSA) is 71.8 Å². The normalized spacial score (nSPS) is 21.6. The first kappa shape index (κ1) is 13.3. The van der Waals surface area contributed by atoms with E-state index >= 15 is 0 Å². The molecule has 0 spiro atoms. The van der Waals surface area contributed by atoms with Crippen molar-refractivity contribution in [3.63, 3.8) is 0 Å². The molecule has 1 aliphatic rings. The van der Waals surface area contributed by atoms with Gasteiger partial charge in [-0.2, -0.15) is 0 Å². The molecule has 2 aromatic rings. The van der Waals surface area contributed by atoms with Gasteiger partial charge in [-0.1, -0.05) is 11.2 Å². The Morgan fingerprint density at radius 3 is 2.95 bits per heavy atom. The summed E-state index contributed by atoms with van der Waals surface area (Å²) in [5.74, 6) is -1.01. The summed E-state index contributed by atoms with van der Waals surface area (Å²) in [5.41, 5.74) is 1.14. The maximum Gasteiger partial charge on any atom is 0.351 e. The molecule has 0 aliphatic carbocycles. The Labute approximate surface area is 128 Å². The van der Waals surface area contributed by atoms with Crippen LogP contribution in [0.4, 0.5) is 0 Å². The molecule has 1 aromatic carbocycles. The van der Waals surface area contributed by atoms with Gasteiger partial charge in [-0.05, 0) is 47.7 Å². The lowest BCUT2D eigenvalue weighted by molar-refractivity contribution is -0.160. The van der Waals surface area contributed by atoms with Gasteiger partial charge in [0.05, 0.1) is 11.2 Å². The molecule has 0 radical (unpaired) electrons. The summed E-state index contributed by atoms with van der Waals surface area (Å²) in [6.45, 7) is 1.53. The summed E-state index contributed by atoms with van der Waals surface area (Å²) in [6, 6.07) is 7.77. The quantitative estimate of drug-likeness (QED) is 0.811. The van der Waals surface area contributed by atoms with E-state index in [-0.39, 0.29) is 6.42 Å². The summed E-state index contributed by atoms with van der Waals surface area (Å²) in [4.78, 5) is 20.6. The van der Waals surface area contributed by atoms with Crippen molar-refractivity contribution in [2.24, 2.45) is 5.16 Å². The van der Waals surface area contributed by atoms with E-state index in [1.165, 1.54) is 6.92 Å². The van der Waals surface area contributed by atoms with E-state index < -0.39 is 11.6 Å². The molecule has 0 bridgehead atoms. The van der Waals surface area contributed by atoms with Gasteiger partial charge in [0.25, 0.3) is 0 Å². The maximum absolute atomic E-state index is 11.1. The van der Waals surface area contributed by atoms with Crippen molar-refractivity contribution in [3.8, 4) is 0 Å². The Kier molecular flexibility index (Phi) is 3.12. The van der Waals surface area contributed by atoms with Crippen molar-refractivity contribution >= 4 is 45.2 Å². The zero-order valence-corrected chi connectivity index (χ0v) is 12.8. The predicted molar refractivity (Wildman–Crippen MR) is 82.7 cm³/mol. The Hall–Kier alpha value is -1.70. The van der Waals surface area contributed by atoms with Crippen LogP contribution in [0.1, 0.15) is 18.9 Å². The minimum atomic E-state index is -1.27. The number of aliphatic carboxylic acids is 1. The summed E-state index contributed by atoms with van der Waals surface area (Å²) >= 11 is 2.21. The van der Waals surface area contributed by atoms with E-state index in [1.54, 1.807) is 6.20 Å². The minimum Gasteiger partial charge on any atom is -0.478 e. The Bertz CT molecular complexity index is 744. The van der Waals surface area contributed by atoms with E-state index in [1.807, 2.05) is 24.3 Å². The lowest BCUT2D eigenvalue weighted by atomic mass is 9.95. The maximum atomic E-state index is 11.1. The molecule has 0 amide bonds. The molecule has 2 heterocycles. The molecule has 20 heavy (non-hydrogen) atoms. The fourth-order valence-electron chi connectivity index (χ4n) is 2.09. The molecule has 102 valence electrons. The third-order valence-electron chi connectivity index (χ3n) is 3.30. The van der Waals surface area contributed by atoms with E-state index in [9.17, 15) is 4.79 Å². The molecular formula is C14H11IN2O3. The Morgan fingerprint density at radius 2 is 2.25 bits per heavy atom. The Morgan fingerprint density at radius 1 is 1.45 bits per heavy atom. The molecule has 5 nitrogen and oxygen atoms in total. The van der Waals surface area contributed by atoms with Gasteiger partial charge in [0.15, 0.2) is 0 Å². The van der Waals surface area contributed by atoms with Crippen molar-refractivity contribution in [2.45, 2.75) is 18.9 Å². The predicted octanol–water partition coefficient (Wildman–Crippen LogP) is 2.81. The van der Waals surface area contributed by atoms with Crippen LogP contribution in [0.2, 0.25) is 0 Å². The lowest BCUT2D eigenvalue weighted by Crippen LogP contribution is -2.35. The molecule has 0 saturated heterocycles. The van der Waals surface area contributed by atoms with Gasteiger partial charge in [-0.15, -0.1) is 0 Å². The first-order valence-electron chi connectivity index (χ1n) is 6.02. The van der Waals surface area contributed by atoms with Gasteiger partial charge in [-0.3, -0.25) is 4.98 Å². The average Bonchev–Trinajstić information content (AvgIpc) is 2.82. The molecular weight excluding hydrogens is 371 g/mol. The molecule has 1 unspecified atom stereocenters. The number of nitrogens with zero attached hydrogens (tertiary/aromatic N) is 2. The average molecular weight is 382 g/mol. The van der Waals surface area contributed by atoms with Gasteiger partial charge < -0.3 is 9.94 Å². The molecule has 6 heteroatoms. The second kappa shape index (κ2) is 4.69. The van der Waals surface area contributed by atoms with Crippen LogP contribution in [-0.4, -0.2) is 27.4 Å². The highest BCUT2D eigenvalue weighted by Gasteiger charge is 2.42. The number of carboxylic acids is 1. The molecule has 1 N–H and O–H groups in total. The van der Waals surface area contributed by atoms with E-state index in [4.69, 9.17) is 9.94 Å². The van der Waals surface area contributed by atoms with Gasteiger partial charge in [0.1, 0.15) is 0 Å². The van der Waals surface area contributed by atoms with Crippen molar-refractivity contribution in [3.05, 3.63) is 39.6 Å². The van der Waals surface area contributed by atoms with Crippen LogP contribution in [-0.2, 0) is 9.63 Å².